The van der Waals surface area contributed by atoms with E-state index in [1.54, 1.807) is 0 Å². The molecule has 0 aliphatic rings. The van der Waals surface area contributed by atoms with Crippen LogP contribution in [0.25, 0.3) is 106 Å². The standard InChI is InChI=1S/C51H32N4O/c1-4-13-33(14-5-1)38-28-30-45-43(31-38)40-19-10-11-21-44(40)55(45)46-22-12-20-42-41-29-27-39(32-47(41)56-48(42)46)34-23-25-37(26-24-34)51-53-49(35-15-6-2-7-16-35)52-50(54-51)36-17-8-3-9-18-36/h1-32H. The number of rotatable bonds is 6. The summed E-state index contributed by atoms with van der Waals surface area (Å²) in [6.07, 6.45) is 0. The molecule has 3 aromatic heterocycles. The van der Waals surface area contributed by atoms with Gasteiger partial charge >= 0.3 is 0 Å². The van der Waals surface area contributed by atoms with Crippen LogP contribution in [0.3, 0.4) is 0 Å². The van der Waals surface area contributed by atoms with Crippen molar-refractivity contribution in [2.24, 2.45) is 0 Å². The van der Waals surface area contributed by atoms with Crippen LogP contribution in [0.4, 0.5) is 0 Å². The molecule has 0 saturated heterocycles. The lowest BCUT2D eigenvalue weighted by molar-refractivity contribution is 0.666. The quantitative estimate of drug-likeness (QED) is 0.172. The maximum Gasteiger partial charge on any atom is 0.164 e. The molecular weight excluding hydrogens is 685 g/mol. The fourth-order valence-electron chi connectivity index (χ4n) is 7.93. The molecule has 0 atom stereocenters. The lowest BCUT2D eigenvalue weighted by Crippen LogP contribution is -2.00. The first-order valence-corrected chi connectivity index (χ1v) is 18.8. The monoisotopic (exact) mass is 716 g/mol. The average molecular weight is 717 g/mol. The van der Waals surface area contributed by atoms with Gasteiger partial charge in [-0.15, -0.1) is 0 Å². The van der Waals surface area contributed by atoms with Gasteiger partial charge in [-0.2, -0.15) is 0 Å². The van der Waals surface area contributed by atoms with Crippen molar-refractivity contribution in [3.05, 3.63) is 194 Å². The van der Waals surface area contributed by atoms with Crippen LogP contribution in [0.1, 0.15) is 0 Å². The minimum absolute atomic E-state index is 0.630. The van der Waals surface area contributed by atoms with Gasteiger partial charge in [0.2, 0.25) is 0 Å². The van der Waals surface area contributed by atoms with Crippen LogP contribution in [-0.2, 0) is 0 Å². The molecule has 0 radical (unpaired) electrons. The Morgan fingerprint density at radius 2 is 0.804 bits per heavy atom. The van der Waals surface area contributed by atoms with Crippen LogP contribution in [0, 0.1) is 0 Å². The normalized spacial score (nSPS) is 11.6. The molecule has 0 bridgehead atoms. The molecule has 8 aromatic carbocycles. The molecule has 56 heavy (non-hydrogen) atoms. The van der Waals surface area contributed by atoms with Crippen LogP contribution < -0.4 is 0 Å². The highest BCUT2D eigenvalue weighted by atomic mass is 16.3. The molecule has 11 aromatic rings. The van der Waals surface area contributed by atoms with Crippen LogP contribution in [0.2, 0.25) is 0 Å². The van der Waals surface area contributed by atoms with Gasteiger partial charge < -0.3 is 8.98 Å². The Morgan fingerprint density at radius 3 is 1.48 bits per heavy atom. The number of aromatic nitrogens is 4. The molecule has 5 heteroatoms. The van der Waals surface area contributed by atoms with Gasteiger partial charge in [-0.05, 0) is 58.7 Å². The lowest BCUT2D eigenvalue weighted by atomic mass is 10.0. The van der Waals surface area contributed by atoms with Gasteiger partial charge in [0.05, 0.1) is 16.7 Å². The second kappa shape index (κ2) is 13.0. The molecule has 262 valence electrons. The van der Waals surface area contributed by atoms with Gasteiger partial charge in [-0.1, -0.05) is 158 Å². The molecule has 0 saturated carbocycles. The van der Waals surface area contributed by atoms with Gasteiger partial charge in [-0.25, -0.2) is 15.0 Å². The number of fused-ring (bicyclic) bond motifs is 6. The second-order valence-corrected chi connectivity index (χ2v) is 14.0. The van der Waals surface area contributed by atoms with E-state index in [0.717, 1.165) is 66.5 Å². The van der Waals surface area contributed by atoms with Crippen LogP contribution in [-0.4, -0.2) is 19.5 Å². The summed E-state index contributed by atoms with van der Waals surface area (Å²) in [5.74, 6) is 1.92. The Balaban J connectivity index is 0.987. The van der Waals surface area contributed by atoms with Crippen molar-refractivity contribution in [3.63, 3.8) is 0 Å². The largest absolute Gasteiger partial charge is 0.454 e. The first kappa shape index (κ1) is 31.9. The SMILES string of the molecule is c1ccc(-c2ccc3c(c2)c2ccccc2n3-c2cccc3c2oc2cc(-c4ccc(-c5nc(-c6ccccc6)nc(-c6ccccc6)n5)cc4)ccc23)cc1. The van der Waals surface area contributed by atoms with Gasteiger partial charge in [0, 0.05) is 38.2 Å². The summed E-state index contributed by atoms with van der Waals surface area (Å²) in [4.78, 5) is 14.7. The molecule has 0 aliphatic heterocycles. The molecule has 0 fully saturated rings. The van der Waals surface area contributed by atoms with Crippen LogP contribution in [0.5, 0.6) is 0 Å². The van der Waals surface area contributed by atoms with Gasteiger partial charge in [0.25, 0.3) is 0 Å². The fraction of sp³-hybridized carbons (Fsp3) is 0. The van der Waals surface area contributed by atoms with Crippen molar-refractivity contribution in [1.29, 1.82) is 0 Å². The third kappa shape index (κ3) is 5.37. The zero-order valence-corrected chi connectivity index (χ0v) is 30.2. The van der Waals surface area contributed by atoms with Crippen molar-refractivity contribution in [1.82, 2.24) is 19.5 Å². The topological polar surface area (TPSA) is 56.7 Å². The second-order valence-electron chi connectivity index (χ2n) is 14.0. The molecule has 0 spiro atoms. The van der Waals surface area contributed by atoms with E-state index in [9.17, 15) is 0 Å². The maximum atomic E-state index is 6.82. The Kier molecular flexibility index (Phi) is 7.42. The number of hydrogen-bond acceptors (Lipinski definition) is 4. The smallest absolute Gasteiger partial charge is 0.164 e. The molecule has 0 unspecified atom stereocenters. The number of nitrogens with zero attached hydrogens (tertiary/aromatic N) is 4. The zero-order valence-electron chi connectivity index (χ0n) is 30.2. The number of furan rings is 1. The number of para-hydroxylation sites is 2. The number of benzene rings is 8. The summed E-state index contributed by atoms with van der Waals surface area (Å²) >= 11 is 0. The van der Waals surface area contributed by atoms with Gasteiger partial charge in [-0.3, -0.25) is 0 Å². The van der Waals surface area contributed by atoms with E-state index in [4.69, 9.17) is 19.4 Å². The molecule has 11 rings (SSSR count). The van der Waals surface area contributed by atoms with E-state index < -0.39 is 0 Å². The highest BCUT2D eigenvalue weighted by Crippen LogP contribution is 2.40. The minimum atomic E-state index is 0.630. The average Bonchev–Trinajstić information content (AvgIpc) is 3.82. The van der Waals surface area contributed by atoms with E-state index in [1.807, 2.05) is 60.7 Å². The van der Waals surface area contributed by atoms with E-state index in [1.165, 1.54) is 21.9 Å². The van der Waals surface area contributed by atoms with E-state index in [0.29, 0.717) is 17.5 Å². The van der Waals surface area contributed by atoms with Crippen molar-refractivity contribution in [3.8, 4) is 62.1 Å². The first-order chi connectivity index (χ1) is 27.7. The summed E-state index contributed by atoms with van der Waals surface area (Å²) in [5, 5.41) is 4.60. The van der Waals surface area contributed by atoms with Crippen molar-refractivity contribution >= 4 is 43.7 Å². The Morgan fingerprint density at radius 1 is 0.321 bits per heavy atom. The van der Waals surface area contributed by atoms with E-state index >= 15 is 0 Å². The fourth-order valence-corrected chi connectivity index (χ4v) is 7.93. The molecular formula is C51H32N4O. The predicted octanol–water partition coefficient (Wildman–Crippen LogP) is 13.2. The van der Waals surface area contributed by atoms with Crippen molar-refractivity contribution in [2.45, 2.75) is 0 Å². The minimum Gasteiger partial charge on any atom is -0.454 e. The third-order valence-electron chi connectivity index (χ3n) is 10.7. The molecule has 0 amide bonds. The highest BCUT2D eigenvalue weighted by molar-refractivity contribution is 6.13. The molecule has 5 nitrogen and oxygen atoms in total. The number of hydrogen-bond donors (Lipinski definition) is 0. The molecule has 0 aliphatic carbocycles. The van der Waals surface area contributed by atoms with Crippen LogP contribution in [0.15, 0.2) is 199 Å². The molecule has 3 heterocycles. The van der Waals surface area contributed by atoms with Gasteiger partial charge in [0.1, 0.15) is 5.58 Å². The van der Waals surface area contributed by atoms with Crippen LogP contribution >= 0.6 is 0 Å². The Labute approximate surface area is 322 Å². The molecule has 0 N–H and O–H groups in total. The summed E-state index contributed by atoms with van der Waals surface area (Å²) in [6, 6.07) is 67.4. The summed E-state index contributed by atoms with van der Waals surface area (Å²) in [6.45, 7) is 0. The summed E-state index contributed by atoms with van der Waals surface area (Å²) in [7, 11) is 0. The highest BCUT2D eigenvalue weighted by Gasteiger charge is 2.19. The van der Waals surface area contributed by atoms with E-state index in [2.05, 4.69) is 138 Å². The van der Waals surface area contributed by atoms with Crippen molar-refractivity contribution in [2.75, 3.05) is 0 Å². The Hall–Kier alpha value is -7.63. The van der Waals surface area contributed by atoms with Gasteiger partial charge in [0.15, 0.2) is 23.1 Å². The predicted molar refractivity (Wildman–Crippen MR) is 229 cm³/mol. The first-order valence-electron chi connectivity index (χ1n) is 18.8. The van der Waals surface area contributed by atoms with E-state index in [-0.39, 0.29) is 0 Å². The zero-order chi connectivity index (χ0) is 37.0. The summed E-state index contributed by atoms with van der Waals surface area (Å²) in [5.41, 5.74) is 12.4. The Bertz CT molecular complexity index is 3160. The summed E-state index contributed by atoms with van der Waals surface area (Å²) < 4.78 is 9.16. The third-order valence-corrected chi connectivity index (χ3v) is 10.7. The lowest BCUT2D eigenvalue weighted by Gasteiger charge is -2.09. The van der Waals surface area contributed by atoms with Crippen molar-refractivity contribution < 1.29 is 4.42 Å². The maximum absolute atomic E-state index is 6.82.